The predicted octanol–water partition coefficient (Wildman–Crippen LogP) is 2.27. The van der Waals surface area contributed by atoms with Gasteiger partial charge in [-0.25, -0.2) is 0 Å². The van der Waals surface area contributed by atoms with E-state index in [4.69, 9.17) is 0 Å². The van der Waals surface area contributed by atoms with Gasteiger partial charge in [-0.15, -0.1) is 13.2 Å². The summed E-state index contributed by atoms with van der Waals surface area (Å²) < 4.78 is 39.9. The summed E-state index contributed by atoms with van der Waals surface area (Å²) in [5.74, 6) is -0.436. The summed E-state index contributed by atoms with van der Waals surface area (Å²) in [6.45, 7) is 0. The molecule has 7 heteroatoms. The second-order valence-electron chi connectivity index (χ2n) is 2.96. The minimum atomic E-state index is -4.78. The van der Waals surface area contributed by atoms with Gasteiger partial charge >= 0.3 is 6.36 Å². The molecule has 0 aliphatic rings. The van der Waals surface area contributed by atoms with Crippen molar-refractivity contribution in [3.63, 3.8) is 0 Å². The van der Waals surface area contributed by atoms with Crippen LogP contribution in [0.2, 0.25) is 0 Å². The maximum Gasteiger partial charge on any atom is 0.573 e. The lowest BCUT2D eigenvalue weighted by atomic mass is 10.2. The number of hydrogen-bond donors (Lipinski definition) is 1. The topological polar surface area (TPSA) is 55.0 Å². The minimum absolute atomic E-state index is 0.0260. The molecule has 0 unspecified atom stereocenters. The van der Waals surface area contributed by atoms with E-state index in [2.05, 4.69) is 14.9 Å². The lowest BCUT2D eigenvalue weighted by Crippen LogP contribution is -2.17. The standard InChI is InChI=1S/C9H5F3N2O2/c10-9(11,12)16-7-3-1-2-5-6(4-15)13-14-8(5)7/h1-4H,(H,13,14). The molecule has 16 heavy (non-hydrogen) atoms. The second-order valence-corrected chi connectivity index (χ2v) is 2.96. The first-order chi connectivity index (χ1) is 7.51. The Bertz CT molecular complexity index is 533. The van der Waals surface area contributed by atoms with Crippen molar-refractivity contribution in [1.29, 1.82) is 0 Å². The van der Waals surface area contributed by atoms with Gasteiger partial charge in [0.05, 0.1) is 0 Å². The second kappa shape index (κ2) is 3.51. The molecule has 4 nitrogen and oxygen atoms in total. The van der Waals surface area contributed by atoms with E-state index in [1.54, 1.807) is 0 Å². The van der Waals surface area contributed by atoms with Crippen LogP contribution in [0.1, 0.15) is 10.5 Å². The Balaban J connectivity index is 2.54. The number of aldehydes is 1. The van der Waals surface area contributed by atoms with E-state index < -0.39 is 12.1 Å². The number of H-pyrrole nitrogens is 1. The molecule has 0 atom stereocenters. The smallest absolute Gasteiger partial charge is 0.403 e. The monoisotopic (exact) mass is 230 g/mol. The van der Waals surface area contributed by atoms with Gasteiger partial charge in [0, 0.05) is 5.39 Å². The highest BCUT2D eigenvalue weighted by molar-refractivity contribution is 5.97. The average Bonchev–Trinajstić information content (AvgIpc) is 2.59. The molecule has 0 aliphatic heterocycles. The summed E-state index contributed by atoms with van der Waals surface area (Å²) in [6, 6.07) is 3.96. The van der Waals surface area contributed by atoms with Crippen LogP contribution in [0.15, 0.2) is 18.2 Å². The molecular formula is C9H5F3N2O2. The third-order valence-corrected chi connectivity index (χ3v) is 1.92. The Hall–Kier alpha value is -2.05. The van der Waals surface area contributed by atoms with Crippen molar-refractivity contribution in [2.24, 2.45) is 0 Å². The number of aromatic nitrogens is 2. The van der Waals surface area contributed by atoms with Crippen molar-refractivity contribution in [3.05, 3.63) is 23.9 Å². The zero-order chi connectivity index (χ0) is 11.8. The maximum absolute atomic E-state index is 12.0. The molecule has 0 fully saturated rings. The maximum atomic E-state index is 12.0. The number of halogens is 3. The number of benzene rings is 1. The number of carbonyl (C=O) groups excluding carboxylic acids is 1. The summed E-state index contributed by atoms with van der Waals surface area (Å²) >= 11 is 0. The highest BCUT2D eigenvalue weighted by atomic mass is 19.4. The number of rotatable bonds is 2. The van der Waals surface area contributed by atoms with E-state index in [1.165, 1.54) is 12.1 Å². The molecular weight excluding hydrogens is 225 g/mol. The molecule has 0 radical (unpaired) electrons. The van der Waals surface area contributed by atoms with Gasteiger partial charge in [-0.2, -0.15) is 5.10 Å². The van der Waals surface area contributed by atoms with Gasteiger partial charge in [0.2, 0.25) is 0 Å². The third-order valence-electron chi connectivity index (χ3n) is 1.92. The molecule has 0 saturated carbocycles. The van der Waals surface area contributed by atoms with Gasteiger partial charge in [0.15, 0.2) is 12.0 Å². The van der Waals surface area contributed by atoms with Crippen LogP contribution in [0.3, 0.4) is 0 Å². The van der Waals surface area contributed by atoms with E-state index in [0.29, 0.717) is 6.29 Å². The Morgan fingerprint density at radius 3 is 2.75 bits per heavy atom. The largest absolute Gasteiger partial charge is 0.573 e. The predicted molar refractivity (Wildman–Crippen MR) is 48.2 cm³/mol. The molecule has 1 heterocycles. The Morgan fingerprint density at radius 2 is 2.12 bits per heavy atom. The summed E-state index contributed by atoms with van der Waals surface area (Å²) in [5.41, 5.74) is 0.0875. The fourth-order valence-electron chi connectivity index (χ4n) is 1.33. The number of alkyl halides is 3. The zero-order valence-corrected chi connectivity index (χ0v) is 7.71. The zero-order valence-electron chi connectivity index (χ0n) is 7.71. The lowest BCUT2D eigenvalue weighted by Gasteiger charge is -2.08. The number of para-hydroxylation sites is 1. The number of nitrogens with one attached hydrogen (secondary N) is 1. The number of aromatic amines is 1. The number of fused-ring (bicyclic) bond motifs is 1. The molecule has 0 spiro atoms. The van der Waals surface area contributed by atoms with Crippen molar-refractivity contribution in [2.45, 2.75) is 6.36 Å². The van der Waals surface area contributed by atoms with Crippen LogP contribution in [-0.4, -0.2) is 22.8 Å². The lowest BCUT2D eigenvalue weighted by molar-refractivity contribution is -0.274. The van der Waals surface area contributed by atoms with Crippen LogP contribution in [0.5, 0.6) is 5.75 Å². The van der Waals surface area contributed by atoms with Crippen molar-refractivity contribution in [3.8, 4) is 5.75 Å². The van der Waals surface area contributed by atoms with Crippen LogP contribution >= 0.6 is 0 Å². The quantitative estimate of drug-likeness (QED) is 0.805. The molecule has 1 N–H and O–H groups in total. The van der Waals surface area contributed by atoms with Crippen LogP contribution < -0.4 is 4.74 Å². The molecule has 1 aromatic carbocycles. The van der Waals surface area contributed by atoms with Gasteiger partial charge in [-0.1, -0.05) is 12.1 Å². The van der Waals surface area contributed by atoms with E-state index >= 15 is 0 Å². The van der Waals surface area contributed by atoms with Crippen molar-refractivity contribution in [2.75, 3.05) is 0 Å². The van der Waals surface area contributed by atoms with Gasteiger partial charge in [-0.05, 0) is 6.07 Å². The molecule has 1 aromatic heterocycles. The number of hydrogen-bond acceptors (Lipinski definition) is 3. The van der Waals surface area contributed by atoms with Crippen molar-refractivity contribution < 1.29 is 22.7 Å². The summed E-state index contributed by atoms with van der Waals surface area (Å²) in [7, 11) is 0. The number of carbonyl (C=O) groups is 1. The Kier molecular flexibility index (Phi) is 2.30. The third kappa shape index (κ3) is 1.83. The van der Waals surface area contributed by atoms with Crippen molar-refractivity contribution in [1.82, 2.24) is 10.2 Å². The molecule has 2 rings (SSSR count). The van der Waals surface area contributed by atoms with E-state index in [0.717, 1.165) is 6.07 Å². The molecule has 0 aliphatic carbocycles. The van der Waals surface area contributed by atoms with Crippen LogP contribution in [0.4, 0.5) is 13.2 Å². The molecule has 0 bridgehead atoms. The first kappa shape index (κ1) is 10.5. The van der Waals surface area contributed by atoms with Gasteiger partial charge < -0.3 is 4.74 Å². The summed E-state index contributed by atoms with van der Waals surface area (Å²) in [5, 5.41) is 6.21. The first-order valence-electron chi connectivity index (χ1n) is 4.19. The average molecular weight is 230 g/mol. The SMILES string of the molecule is O=Cc1[nH]nc2c(OC(F)(F)F)cccc12. The summed E-state index contributed by atoms with van der Waals surface area (Å²) in [4.78, 5) is 10.5. The fourth-order valence-corrected chi connectivity index (χ4v) is 1.33. The van der Waals surface area contributed by atoms with Crippen molar-refractivity contribution >= 4 is 17.2 Å². The normalized spacial score (nSPS) is 11.7. The van der Waals surface area contributed by atoms with Gasteiger partial charge in [0.1, 0.15) is 11.2 Å². The fraction of sp³-hybridized carbons (Fsp3) is 0.111. The minimum Gasteiger partial charge on any atom is -0.403 e. The molecule has 2 aromatic rings. The first-order valence-corrected chi connectivity index (χ1v) is 4.19. The number of ether oxygens (including phenoxy) is 1. The molecule has 0 saturated heterocycles. The highest BCUT2D eigenvalue weighted by Crippen LogP contribution is 2.29. The summed E-state index contributed by atoms with van der Waals surface area (Å²) in [6.07, 6.45) is -4.30. The van der Waals surface area contributed by atoms with Crippen LogP contribution in [0, 0.1) is 0 Å². The van der Waals surface area contributed by atoms with Crippen LogP contribution in [-0.2, 0) is 0 Å². The van der Waals surface area contributed by atoms with E-state index in [-0.39, 0.29) is 16.6 Å². The Labute approximate surface area is 87.0 Å². The Morgan fingerprint density at radius 1 is 1.38 bits per heavy atom. The van der Waals surface area contributed by atoms with Gasteiger partial charge in [0.25, 0.3) is 0 Å². The molecule has 0 amide bonds. The highest BCUT2D eigenvalue weighted by Gasteiger charge is 2.32. The van der Waals surface area contributed by atoms with Gasteiger partial charge in [-0.3, -0.25) is 9.89 Å². The molecule has 84 valence electrons. The van der Waals surface area contributed by atoms with Crippen LogP contribution in [0.25, 0.3) is 10.9 Å². The number of nitrogens with zero attached hydrogens (tertiary/aromatic N) is 1. The van der Waals surface area contributed by atoms with E-state index in [9.17, 15) is 18.0 Å². The van der Waals surface area contributed by atoms with E-state index in [1.807, 2.05) is 0 Å².